The van der Waals surface area contributed by atoms with E-state index < -0.39 is 10.0 Å². The van der Waals surface area contributed by atoms with E-state index in [-0.39, 0.29) is 17.3 Å². The second-order valence-electron chi connectivity index (χ2n) is 7.60. The van der Waals surface area contributed by atoms with E-state index in [1.54, 1.807) is 36.4 Å². The Morgan fingerprint density at radius 3 is 2.21 bits per heavy atom. The van der Waals surface area contributed by atoms with Crippen molar-refractivity contribution in [2.24, 2.45) is 0 Å². The number of aryl methyl sites for hydroxylation is 2. The van der Waals surface area contributed by atoms with Gasteiger partial charge >= 0.3 is 0 Å². The lowest BCUT2D eigenvalue weighted by molar-refractivity contribution is -0.119. The number of nitrogens with zero attached hydrogens (tertiary/aromatic N) is 1. The maximum absolute atomic E-state index is 13.4. The van der Waals surface area contributed by atoms with Gasteiger partial charge in [0.2, 0.25) is 5.91 Å². The Kier molecular flexibility index (Phi) is 8.83. The quantitative estimate of drug-likeness (QED) is 0.301. The average molecular weight is 503 g/mol. The van der Waals surface area contributed by atoms with E-state index in [1.807, 2.05) is 49.6 Å². The molecule has 1 amide bonds. The fraction of sp³-hybridized carbons (Fsp3) is 0.240. The van der Waals surface area contributed by atoms with Gasteiger partial charge in [-0.05, 0) is 80.1 Å². The van der Waals surface area contributed by atoms with Crippen molar-refractivity contribution in [3.63, 3.8) is 0 Å². The monoisotopic (exact) mass is 502 g/mol. The smallest absolute Gasteiger partial charge is 0.264 e. The standard InChI is InChI=1S/C25H27ClN2O3S2/c1-19-5-11-22(12-6-19)28(33(30,31)24-15-13-23(32-2)14-16-24)18-25(29)27-17-3-4-20-7-9-21(26)10-8-20/h5-16H,3-4,17-18H2,1-2H3,(H,27,29). The van der Waals surface area contributed by atoms with E-state index >= 15 is 0 Å². The predicted octanol–water partition coefficient (Wildman–Crippen LogP) is 5.31. The van der Waals surface area contributed by atoms with Crippen molar-refractivity contribution in [3.05, 3.63) is 88.9 Å². The van der Waals surface area contributed by atoms with Crippen LogP contribution < -0.4 is 9.62 Å². The van der Waals surface area contributed by atoms with Crippen LogP contribution in [0.15, 0.2) is 82.6 Å². The van der Waals surface area contributed by atoms with Gasteiger partial charge in [-0.3, -0.25) is 9.10 Å². The molecule has 8 heteroatoms. The van der Waals surface area contributed by atoms with Crippen molar-refractivity contribution < 1.29 is 13.2 Å². The molecule has 0 aliphatic rings. The maximum atomic E-state index is 13.4. The van der Waals surface area contributed by atoms with Crippen LogP contribution in [0.5, 0.6) is 0 Å². The lowest BCUT2D eigenvalue weighted by Gasteiger charge is -2.24. The molecule has 0 spiro atoms. The van der Waals surface area contributed by atoms with Crippen LogP contribution in [0.2, 0.25) is 5.02 Å². The van der Waals surface area contributed by atoms with E-state index in [4.69, 9.17) is 11.6 Å². The van der Waals surface area contributed by atoms with Gasteiger partial charge in [-0.15, -0.1) is 11.8 Å². The SMILES string of the molecule is CSc1ccc(S(=O)(=O)N(CC(=O)NCCCc2ccc(Cl)cc2)c2ccc(C)cc2)cc1. The Morgan fingerprint density at radius 2 is 1.61 bits per heavy atom. The molecule has 0 saturated carbocycles. The number of hydrogen-bond donors (Lipinski definition) is 1. The van der Waals surface area contributed by atoms with Crippen molar-refractivity contribution in [1.82, 2.24) is 5.32 Å². The van der Waals surface area contributed by atoms with Gasteiger partial charge in [0.05, 0.1) is 10.6 Å². The zero-order valence-corrected chi connectivity index (χ0v) is 21.0. The second kappa shape index (κ2) is 11.6. The molecule has 0 fully saturated rings. The van der Waals surface area contributed by atoms with Crippen molar-refractivity contribution in [2.45, 2.75) is 29.6 Å². The Hall–Kier alpha value is -2.48. The van der Waals surface area contributed by atoms with E-state index in [1.165, 1.54) is 11.8 Å². The van der Waals surface area contributed by atoms with Gasteiger partial charge in [-0.25, -0.2) is 8.42 Å². The number of rotatable bonds is 10. The summed E-state index contributed by atoms with van der Waals surface area (Å²) in [4.78, 5) is 13.8. The van der Waals surface area contributed by atoms with Crippen LogP contribution in [0, 0.1) is 6.92 Å². The molecule has 3 aromatic carbocycles. The highest BCUT2D eigenvalue weighted by atomic mass is 35.5. The van der Waals surface area contributed by atoms with Crippen LogP contribution in [0.1, 0.15) is 17.5 Å². The second-order valence-corrected chi connectivity index (χ2v) is 10.8. The van der Waals surface area contributed by atoms with Gasteiger partial charge in [-0.2, -0.15) is 0 Å². The molecule has 0 bridgehead atoms. The number of hydrogen-bond acceptors (Lipinski definition) is 4. The summed E-state index contributed by atoms with van der Waals surface area (Å²) >= 11 is 7.44. The zero-order chi connectivity index (χ0) is 23.8. The first-order chi connectivity index (χ1) is 15.8. The van der Waals surface area contributed by atoms with E-state index in [0.29, 0.717) is 17.3 Å². The average Bonchev–Trinajstić information content (AvgIpc) is 2.82. The lowest BCUT2D eigenvalue weighted by atomic mass is 10.1. The number of anilines is 1. The number of sulfonamides is 1. The topological polar surface area (TPSA) is 66.5 Å². The van der Waals surface area contributed by atoms with Crippen molar-refractivity contribution >= 4 is 45.0 Å². The summed E-state index contributed by atoms with van der Waals surface area (Å²) in [5.41, 5.74) is 2.59. The van der Waals surface area contributed by atoms with E-state index in [0.717, 1.165) is 33.2 Å². The predicted molar refractivity (Wildman–Crippen MR) is 137 cm³/mol. The van der Waals surface area contributed by atoms with Crippen LogP contribution >= 0.6 is 23.4 Å². The van der Waals surface area contributed by atoms with Crippen molar-refractivity contribution in [2.75, 3.05) is 23.7 Å². The molecule has 0 heterocycles. The molecule has 0 aromatic heterocycles. The summed E-state index contributed by atoms with van der Waals surface area (Å²) in [7, 11) is -3.91. The number of carbonyl (C=O) groups is 1. The molecule has 0 unspecified atom stereocenters. The van der Waals surface area contributed by atoms with Gasteiger partial charge in [0, 0.05) is 16.5 Å². The normalized spacial score (nSPS) is 11.2. The summed E-state index contributed by atoms with van der Waals surface area (Å²) in [5.74, 6) is -0.351. The minimum absolute atomic E-state index is 0.149. The number of thioether (sulfide) groups is 1. The highest BCUT2D eigenvalue weighted by Gasteiger charge is 2.27. The molecule has 0 aliphatic carbocycles. The van der Waals surface area contributed by atoms with Crippen LogP contribution in [-0.2, 0) is 21.2 Å². The Bertz CT molecular complexity index is 1160. The van der Waals surface area contributed by atoms with Crippen LogP contribution in [0.25, 0.3) is 0 Å². The minimum atomic E-state index is -3.91. The minimum Gasteiger partial charge on any atom is -0.355 e. The molecule has 174 valence electrons. The molecule has 5 nitrogen and oxygen atoms in total. The Morgan fingerprint density at radius 1 is 0.970 bits per heavy atom. The molecule has 0 aliphatic heterocycles. The summed E-state index contributed by atoms with van der Waals surface area (Å²) in [6.07, 6.45) is 3.46. The first kappa shape index (κ1) is 25.1. The summed E-state index contributed by atoms with van der Waals surface area (Å²) in [6.45, 7) is 2.08. The van der Waals surface area contributed by atoms with Crippen LogP contribution in [0.3, 0.4) is 0 Å². The summed E-state index contributed by atoms with van der Waals surface area (Å²) < 4.78 is 28.0. The number of nitrogens with one attached hydrogen (secondary N) is 1. The molecule has 3 aromatic rings. The lowest BCUT2D eigenvalue weighted by Crippen LogP contribution is -2.41. The maximum Gasteiger partial charge on any atom is 0.264 e. The molecule has 1 N–H and O–H groups in total. The largest absolute Gasteiger partial charge is 0.355 e. The first-order valence-electron chi connectivity index (χ1n) is 10.5. The number of amides is 1. The molecule has 0 radical (unpaired) electrons. The molecule has 0 saturated heterocycles. The summed E-state index contributed by atoms with van der Waals surface area (Å²) in [5, 5.41) is 3.53. The number of benzene rings is 3. The van der Waals surface area contributed by atoms with Crippen molar-refractivity contribution in [1.29, 1.82) is 0 Å². The van der Waals surface area contributed by atoms with Gasteiger partial charge in [0.25, 0.3) is 10.0 Å². The zero-order valence-electron chi connectivity index (χ0n) is 18.6. The molecule has 33 heavy (non-hydrogen) atoms. The number of carbonyl (C=O) groups excluding carboxylic acids is 1. The molecular weight excluding hydrogens is 476 g/mol. The third kappa shape index (κ3) is 7.00. The summed E-state index contributed by atoms with van der Waals surface area (Å²) in [6, 6.07) is 21.4. The highest BCUT2D eigenvalue weighted by molar-refractivity contribution is 7.98. The van der Waals surface area contributed by atoms with Gasteiger partial charge in [0.1, 0.15) is 6.54 Å². The molecule has 3 rings (SSSR count). The molecule has 0 atom stereocenters. The third-order valence-corrected chi connectivity index (χ3v) is 7.92. The molecular formula is C25H27ClN2O3S2. The fourth-order valence-electron chi connectivity index (χ4n) is 3.26. The van der Waals surface area contributed by atoms with Gasteiger partial charge in [0.15, 0.2) is 0 Å². The Balaban J connectivity index is 1.70. The fourth-order valence-corrected chi connectivity index (χ4v) is 5.21. The highest BCUT2D eigenvalue weighted by Crippen LogP contribution is 2.25. The van der Waals surface area contributed by atoms with Crippen LogP contribution in [0.4, 0.5) is 5.69 Å². The van der Waals surface area contributed by atoms with E-state index in [9.17, 15) is 13.2 Å². The van der Waals surface area contributed by atoms with Gasteiger partial charge in [-0.1, -0.05) is 41.4 Å². The van der Waals surface area contributed by atoms with Crippen molar-refractivity contribution in [3.8, 4) is 0 Å². The third-order valence-electron chi connectivity index (χ3n) is 5.13. The van der Waals surface area contributed by atoms with E-state index in [2.05, 4.69) is 5.32 Å². The Labute approximate surface area is 205 Å². The van der Waals surface area contributed by atoms with Gasteiger partial charge < -0.3 is 5.32 Å². The van der Waals surface area contributed by atoms with Crippen LogP contribution in [-0.4, -0.2) is 33.7 Å². The number of halogens is 1. The first-order valence-corrected chi connectivity index (χ1v) is 13.6.